The molecule has 8 heteroatoms. The lowest BCUT2D eigenvalue weighted by atomic mass is 10.0. The Hall–Kier alpha value is -3.81. The average molecular weight is 569 g/mol. The number of unbranched alkanes of at least 4 members (excludes halogenated alkanes) is 4. The Kier molecular flexibility index (Phi) is 13.9. The van der Waals surface area contributed by atoms with Crippen LogP contribution in [-0.2, 0) is 19.1 Å². The Balaban J connectivity index is 2.36. The lowest BCUT2D eigenvalue weighted by Gasteiger charge is -2.22. The minimum absolute atomic E-state index is 0.0103. The Bertz CT molecular complexity index is 1220. The summed E-state index contributed by atoms with van der Waals surface area (Å²) in [5.41, 5.74) is 0.497. The molecule has 2 atom stereocenters. The molecule has 1 N–H and O–H groups in total. The topological polar surface area (TPSA) is 108 Å². The van der Waals surface area contributed by atoms with Crippen LogP contribution in [0.15, 0.2) is 54.6 Å². The summed E-state index contributed by atoms with van der Waals surface area (Å²) in [6, 6.07) is 8.61. The van der Waals surface area contributed by atoms with Crippen molar-refractivity contribution in [1.82, 2.24) is 0 Å². The van der Waals surface area contributed by atoms with Gasteiger partial charge in [-0.05, 0) is 45.6 Å². The lowest BCUT2D eigenvalue weighted by molar-refractivity contribution is -0.147. The average Bonchev–Trinajstić information content (AvgIpc) is 2.94. The number of carboxylic acid groups (broad SMARTS) is 1. The number of hydrogen-bond donors (Lipinski definition) is 1. The van der Waals surface area contributed by atoms with Crippen LogP contribution >= 0.6 is 0 Å². The van der Waals surface area contributed by atoms with E-state index >= 15 is 0 Å². The van der Waals surface area contributed by atoms with Gasteiger partial charge in [0.2, 0.25) is 0 Å². The van der Waals surface area contributed by atoms with Crippen LogP contribution < -0.4 is 9.47 Å². The normalized spacial score (nSPS) is 12.3. The summed E-state index contributed by atoms with van der Waals surface area (Å²) in [7, 11) is 0. The molecule has 2 unspecified atom stereocenters. The fraction of sp³-hybridized carbons (Fsp3) is 0.485. The highest BCUT2D eigenvalue weighted by molar-refractivity contribution is 6.03. The fourth-order valence-corrected chi connectivity index (χ4v) is 4.21. The first-order chi connectivity index (χ1) is 19.6. The van der Waals surface area contributed by atoms with Gasteiger partial charge in [0.15, 0.2) is 0 Å². The first kappa shape index (κ1) is 33.4. The van der Waals surface area contributed by atoms with Gasteiger partial charge in [-0.1, -0.05) is 77.0 Å². The summed E-state index contributed by atoms with van der Waals surface area (Å²) in [5, 5.41) is 11.3. The van der Waals surface area contributed by atoms with Crippen LogP contribution in [0, 0.1) is 0 Å². The van der Waals surface area contributed by atoms with E-state index in [-0.39, 0.29) is 30.1 Å². The third kappa shape index (κ3) is 10.6. The Labute approximate surface area is 243 Å². The standard InChI is InChI=1S/C33H44O8/c1-7-9-11-15-24(40-32(36)22(3)4)20-38-29-19-28(31(34)35)30(27-18-14-13-17-26(27)29)39-21-25(16-12-10-8-2)41-33(37)23(5)6/h13-14,17-19,24-25H,3,5,7-12,15-16,20-21H2,1-2,4,6H3,(H,34,35). The highest BCUT2D eigenvalue weighted by Gasteiger charge is 2.23. The molecule has 0 aromatic heterocycles. The molecule has 41 heavy (non-hydrogen) atoms. The summed E-state index contributed by atoms with van der Waals surface area (Å²) in [6.07, 6.45) is 5.79. The molecule has 224 valence electrons. The number of benzene rings is 2. The van der Waals surface area contributed by atoms with Crippen LogP contribution in [-0.4, -0.2) is 48.4 Å². The van der Waals surface area contributed by atoms with Crippen molar-refractivity contribution in [1.29, 1.82) is 0 Å². The fourth-order valence-electron chi connectivity index (χ4n) is 4.21. The van der Waals surface area contributed by atoms with Crippen molar-refractivity contribution in [3.63, 3.8) is 0 Å². The molecule has 0 fully saturated rings. The lowest BCUT2D eigenvalue weighted by Crippen LogP contribution is -2.26. The molecular formula is C33H44O8. The summed E-state index contributed by atoms with van der Waals surface area (Å²) in [6.45, 7) is 14.7. The maximum atomic E-state index is 12.4. The van der Waals surface area contributed by atoms with Crippen molar-refractivity contribution < 1.29 is 38.4 Å². The van der Waals surface area contributed by atoms with Crippen LogP contribution in [0.1, 0.15) is 89.4 Å². The maximum absolute atomic E-state index is 12.4. The van der Waals surface area contributed by atoms with Crippen molar-refractivity contribution >= 4 is 28.7 Å². The van der Waals surface area contributed by atoms with Crippen molar-refractivity contribution in [3.05, 3.63) is 60.2 Å². The Morgan fingerprint density at radius 2 is 1.27 bits per heavy atom. The molecule has 0 saturated heterocycles. The first-order valence-electron chi connectivity index (χ1n) is 14.4. The van der Waals surface area contributed by atoms with E-state index in [1.54, 1.807) is 26.0 Å². The zero-order valence-electron chi connectivity index (χ0n) is 24.8. The third-order valence-electron chi connectivity index (χ3n) is 6.53. The van der Waals surface area contributed by atoms with Crippen molar-refractivity contribution in [2.24, 2.45) is 0 Å². The van der Waals surface area contributed by atoms with E-state index in [9.17, 15) is 19.5 Å². The van der Waals surface area contributed by atoms with Crippen molar-refractivity contribution in [3.8, 4) is 11.5 Å². The van der Waals surface area contributed by atoms with E-state index in [0.717, 1.165) is 38.5 Å². The smallest absolute Gasteiger partial charge is 0.339 e. The van der Waals surface area contributed by atoms with E-state index in [0.29, 0.717) is 34.9 Å². The molecule has 2 rings (SSSR count). The highest BCUT2D eigenvalue weighted by Crippen LogP contribution is 2.37. The molecule has 8 nitrogen and oxygen atoms in total. The minimum Gasteiger partial charge on any atom is -0.489 e. The number of carbonyl (C=O) groups excluding carboxylic acids is 2. The van der Waals surface area contributed by atoms with Crippen LogP contribution in [0.2, 0.25) is 0 Å². The van der Waals surface area contributed by atoms with E-state index in [1.807, 2.05) is 12.1 Å². The zero-order valence-corrected chi connectivity index (χ0v) is 24.8. The van der Waals surface area contributed by atoms with E-state index in [1.165, 1.54) is 6.07 Å². The van der Waals surface area contributed by atoms with Crippen LogP contribution in [0.3, 0.4) is 0 Å². The molecule has 0 bridgehead atoms. The van der Waals surface area contributed by atoms with Gasteiger partial charge in [0, 0.05) is 21.9 Å². The monoisotopic (exact) mass is 568 g/mol. The van der Waals surface area contributed by atoms with Crippen LogP contribution in [0.4, 0.5) is 0 Å². The number of hydrogen-bond acceptors (Lipinski definition) is 7. The van der Waals surface area contributed by atoms with Gasteiger partial charge in [-0.25, -0.2) is 14.4 Å². The summed E-state index contributed by atoms with van der Waals surface area (Å²) < 4.78 is 23.4. The highest BCUT2D eigenvalue weighted by atomic mass is 16.6. The molecule has 0 spiro atoms. The predicted molar refractivity (Wildman–Crippen MR) is 160 cm³/mol. The number of carbonyl (C=O) groups is 3. The second kappa shape index (κ2) is 17.1. The number of aromatic carboxylic acids is 1. The molecule has 2 aromatic rings. The number of esters is 2. The van der Waals surface area contributed by atoms with Gasteiger partial charge in [-0.15, -0.1) is 0 Å². The Morgan fingerprint density at radius 1 is 0.780 bits per heavy atom. The molecule has 0 aliphatic carbocycles. The quantitative estimate of drug-likeness (QED) is 0.106. The SMILES string of the molecule is C=C(C)C(=O)OC(CCCCC)COc1cc(C(=O)O)c(OCC(CCCCC)OC(=O)C(=C)C)c2ccccc12. The number of fused-ring (bicyclic) bond motifs is 1. The van der Waals surface area contributed by atoms with E-state index in [4.69, 9.17) is 18.9 Å². The van der Waals surface area contributed by atoms with Crippen LogP contribution in [0.25, 0.3) is 10.8 Å². The number of carboxylic acids is 1. The van der Waals surface area contributed by atoms with Crippen molar-refractivity contribution in [2.75, 3.05) is 13.2 Å². The summed E-state index contributed by atoms with van der Waals surface area (Å²) in [5.74, 6) is -1.69. The minimum atomic E-state index is -1.19. The number of ether oxygens (including phenoxy) is 4. The third-order valence-corrected chi connectivity index (χ3v) is 6.53. The van der Waals surface area contributed by atoms with Gasteiger partial charge in [0.25, 0.3) is 0 Å². The molecule has 0 heterocycles. The molecule has 0 amide bonds. The zero-order chi connectivity index (χ0) is 30.4. The molecule has 0 aliphatic heterocycles. The van der Waals surface area contributed by atoms with Gasteiger partial charge >= 0.3 is 17.9 Å². The van der Waals surface area contributed by atoms with Gasteiger partial charge in [-0.2, -0.15) is 0 Å². The molecule has 0 aliphatic rings. The maximum Gasteiger partial charge on any atom is 0.339 e. The van der Waals surface area contributed by atoms with E-state index in [2.05, 4.69) is 27.0 Å². The Morgan fingerprint density at radius 3 is 1.73 bits per heavy atom. The van der Waals surface area contributed by atoms with Gasteiger partial charge in [-0.3, -0.25) is 0 Å². The first-order valence-corrected chi connectivity index (χ1v) is 14.4. The molecular weight excluding hydrogens is 524 g/mol. The van der Waals surface area contributed by atoms with Gasteiger partial charge in [0.05, 0.1) is 0 Å². The molecule has 2 aromatic carbocycles. The number of rotatable bonds is 19. The second-order valence-corrected chi connectivity index (χ2v) is 10.3. The van der Waals surface area contributed by atoms with Gasteiger partial charge in [0.1, 0.15) is 42.5 Å². The molecule has 0 saturated carbocycles. The van der Waals surface area contributed by atoms with E-state index < -0.39 is 30.1 Å². The summed E-state index contributed by atoms with van der Waals surface area (Å²) in [4.78, 5) is 36.8. The summed E-state index contributed by atoms with van der Waals surface area (Å²) >= 11 is 0. The van der Waals surface area contributed by atoms with Gasteiger partial charge < -0.3 is 24.1 Å². The van der Waals surface area contributed by atoms with Crippen molar-refractivity contribution in [2.45, 2.75) is 91.3 Å². The second-order valence-electron chi connectivity index (χ2n) is 10.3. The molecule has 0 radical (unpaired) electrons. The predicted octanol–water partition coefficient (Wildman–Crippen LogP) is 7.43. The van der Waals surface area contributed by atoms with Crippen LogP contribution in [0.5, 0.6) is 11.5 Å². The largest absolute Gasteiger partial charge is 0.489 e.